The molecule has 0 bridgehead atoms. The SMILES string of the molecule is CC(C)CCCC(C)n1cncc1C1CCCC(C)N1. The molecule has 1 aliphatic rings. The summed E-state index contributed by atoms with van der Waals surface area (Å²) in [6.07, 6.45) is 11.8. The summed E-state index contributed by atoms with van der Waals surface area (Å²) < 4.78 is 2.40. The van der Waals surface area contributed by atoms with Crippen molar-refractivity contribution in [3.63, 3.8) is 0 Å². The van der Waals surface area contributed by atoms with Gasteiger partial charge in [0.25, 0.3) is 0 Å². The summed E-state index contributed by atoms with van der Waals surface area (Å²) in [6.45, 7) is 9.23. The molecule has 3 unspecified atom stereocenters. The fourth-order valence-corrected chi connectivity index (χ4v) is 3.29. The normalized spacial score (nSPS) is 25.1. The number of nitrogens with zero attached hydrogens (tertiary/aromatic N) is 2. The molecule has 1 aromatic rings. The molecule has 0 saturated carbocycles. The van der Waals surface area contributed by atoms with Gasteiger partial charge in [-0.05, 0) is 45.4 Å². The fourth-order valence-electron chi connectivity index (χ4n) is 3.29. The third-order valence-corrected chi connectivity index (χ3v) is 4.55. The number of rotatable bonds is 6. The first-order valence-electron chi connectivity index (χ1n) is 8.35. The lowest BCUT2D eigenvalue weighted by Gasteiger charge is -2.30. The van der Waals surface area contributed by atoms with Gasteiger partial charge in [-0.15, -0.1) is 0 Å². The van der Waals surface area contributed by atoms with Crippen LogP contribution in [-0.2, 0) is 0 Å². The van der Waals surface area contributed by atoms with Crippen LogP contribution in [0.4, 0.5) is 0 Å². The quantitative estimate of drug-likeness (QED) is 0.831. The third-order valence-electron chi connectivity index (χ3n) is 4.55. The van der Waals surface area contributed by atoms with E-state index in [0.29, 0.717) is 18.1 Å². The number of nitrogens with one attached hydrogen (secondary N) is 1. The molecule has 1 fully saturated rings. The van der Waals surface area contributed by atoms with Crippen molar-refractivity contribution < 1.29 is 0 Å². The Morgan fingerprint density at radius 1 is 1.30 bits per heavy atom. The van der Waals surface area contributed by atoms with Crippen LogP contribution >= 0.6 is 0 Å². The van der Waals surface area contributed by atoms with Crippen molar-refractivity contribution in [1.82, 2.24) is 14.9 Å². The Labute approximate surface area is 124 Å². The molecule has 1 aromatic heterocycles. The van der Waals surface area contributed by atoms with Gasteiger partial charge in [0.15, 0.2) is 0 Å². The summed E-state index contributed by atoms with van der Waals surface area (Å²) in [5.41, 5.74) is 1.38. The van der Waals surface area contributed by atoms with Crippen molar-refractivity contribution in [3.05, 3.63) is 18.2 Å². The van der Waals surface area contributed by atoms with Crippen molar-refractivity contribution in [2.75, 3.05) is 0 Å². The summed E-state index contributed by atoms with van der Waals surface area (Å²) in [4.78, 5) is 4.41. The maximum absolute atomic E-state index is 4.41. The predicted molar refractivity (Wildman–Crippen MR) is 84.8 cm³/mol. The highest BCUT2D eigenvalue weighted by molar-refractivity contribution is 5.08. The van der Waals surface area contributed by atoms with Crippen molar-refractivity contribution >= 4 is 0 Å². The van der Waals surface area contributed by atoms with Crippen LogP contribution in [0.25, 0.3) is 0 Å². The topological polar surface area (TPSA) is 29.9 Å². The molecule has 1 aliphatic heterocycles. The Morgan fingerprint density at radius 2 is 2.10 bits per heavy atom. The van der Waals surface area contributed by atoms with E-state index in [1.165, 1.54) is 44.2 Å². The van der Waals surface area contributed by atoms with Gasteiger partial charge in [0.05, 0.1) is 12.0 Å². The molecule has 3 nitrogen and oxygen atoms in total. The van der Waals surface area contributed by atoms with Gasteiger partial charge in [0.1, 0.15) is 0 Å². The Bertz CT molecular complexity index is 397. The molecule has 114 valence electrons. The smallest absolute Gasteiger partial charge is 0.0951 e. The molecular weight excluding hydrogens is 246 g/mol. The average Bonchev–Trinajstić information content (AvgIpc) is 2.87. The van der Waals surface area contributed by atoms with Crippen LogP contribution < -0.4 is 5.32 Å². The first kappa shape index (κ1) is 15.6. The van der Waals surface area contributed by atoms with E-state index in [1.807, 2.05) is 6.33 Å². The van der Waals surface area contributed by atoms with Crippen LogP contribution in [0.2, 0.25) is 0 Å². The summed E-state index contributed by atoms with van der Waals surface area (Å²) in [7, 11) is 0. The largest absolute Gasteiger partial charge is 0.330 e. The number of hydrogen-bond donors (Lipinski definition) is 1. The van der Waals surface area contributed by atoms with E-state index >= 15 is 0 Å². The minimum atomic E-state index is 0.494. The molecule has 2 heterocycles. The van der Waals surface area contributed by atoms with Crippen LogP contribution in [0, 0.1) is 5.92 Å². The third kappa shape index (κ3) is 4.08. The van der Waals surface area contributed by atoms with Crippen LogP contribution in [0.15, 0.2) is 12.5 Å². The van der Waals surface area contributed by atoms with Crippen molar-refractivity contribution in [3.8, 4) is 0 Å². The predicted octanol–water partition coefficient (Wildman–Crippen LogP) is 4.47. The van der Waals surface area contributed by atoms with Crippen molar-refractivity contribution in [1.29, 1.82) is 0 Å². The van der Waals surface area contributed by atoms with Gasteiger partial charge < -0.3 is 9.88 Å². The van der Waals surface area contributed by atoms with E-state index < -0.39 is 0 Å². The Balaban J connectivity index is 1.96. The van der Waals surface area contributed by atoms with E-state index in [-0.39, 0.29) is 0 Å². The number of imidazole rings is 1. The minimum Gasteiger partial charge on any atom is -0.330 e. The maximum atomic E-state index is 4.41. The number of hydrogen-bond acceptors (Lipinski definition) is 2. The molecule has 0 aromatic carbocycles. The first-order chi connectivity index (χ1) is 9.58. The Morgan fingerprint density at radius 3 is 2.80 bits per heavy atom. The van der Waals surface area contributed by atoms with E-state index in [2.05, 4.69) is 48.8 Å². The van der Waals surface area contributed by atoms with Gasteiger partial charge >= 0.3 is 0 Å². The van der Waals surface area contributed by atoms with Crippen LogP contribution in [0.5, 0.6) is 0 Å². The summed E-state index contributed by atoms with van der Waals surface area (Å²) >= 11 is 0. The highest BCUT2D eigenvalue weighted by Gasteiger charge is 2.23. The maximum Gasteiger partial charge on any atom is 0.0951 e. The Kier molecular flexibility index (Phi) is 5.64. The fraction of sp³-hybridized carbons (Fsp3) is 0.824. The molecule has 20 heavy (non-hydrogen) atoms. The molecule has 0 amide bonds. The van der Waals surface area contributed by atoms with E-state index in [1.54, 1.807) is 0 Å². The van der Waals surface area contributed by atoms with Crippen molar-refractivity contribution in [2.24, 2.45) is 5.92 Å². The summed E-state index contributed by atoms with van der Waals surface area (Å²) in [5.74, 6) is 0.810. The second kappa shape index (κ2) is 7.26. The molecule has 1 saturated heterocycles. The molecular formula is C17H31N3. The van der Waals surface area contributed by atoms with Gasteiger partial charge in [-0.3, -0.25) is 0 Å². The lowest BCUT2D eigenvalue weighted by atomic mass is 9.97. The summed E-state index contributed by atoms with van der Waals surface area (Å²) in [5, 5.41) is 3.73. The van der Waals surface area contributed by atoms with Gasteiger partial charge in [0.2, 0.25) is 0 Å². The standard InChI is InChI=1S/C17H31N3/c1-13(2)7-5-9-15(4)20-12-18-11-17(20)16-10-6-8-14(3)19-16/h11-16,19H,5-10H2,1-4H3. The minimum absolute atomic E-state index is 0.494. The van der Waals surface area contributed by atoms with Gasteiger partial charge in [0, 0.05) is 24.3 Å². The summed E-state index contributed by atoms with van der Waals surface area (Å²) in [6, 6.07) is 1.69. The molecule has 1 N–H and O–H groups in total. The van der Waals surface area contributed by atoms with Crippen LogP contribution in [-0.4, -0.2) is 15.6 Å². The highest BCUT2D eigenvalue weighted by Crippen LogP contribution is 2.28. The monoisotopic (exact) mass is 277 g/mol. The van der Waals surface area contributed by atoms with Gasteiger partial charge in [-0.1, -0.05) is 26.7 Å². The highest BCUT2D eigenvalue weighted by atomic mass is 15.1. The lowest BCUT2D eigenvalue weighted by molar-refractivity contribution is 0.320. The second-order valence-electron chi connectivity index (χ2n) is 6.95. The van der Waals surface area contributed by atoms with E-state index in [9.17, 15) is 0 Å². The number of aromatic nitrogens is 2. The van der Waals surface area contributed by atoms with Gasteiger partial charge in [-0.25, -0.2) is 4.98 Å². The zero-order valence-corrected chi connectivity index (χ0v) is 13.6. The zero-order valence-electron chi connectivity index (χ0n) is 13.6. The second-order valence-corrected chi connectivity index (χ2v) is 6.95. The molecule has 0 aliphatic carbocycles. The molecule has 3 atom stereocenters. The van der Waals surface area contributed by atoms with E-state index in [4.69, 9.17) is 0 Å². The molecule has 0 spiro atoms. The molecule has 2 rings (SSSR count). The average molecular weight is 277 g/mol. The molecule has 0 radical (unpaired) electrons. The van der Waals surface area contributed by atoms with E-state index in [0.717, 1.165) is 5.92 Å². The van der Waals surface area contributed by atoms with Gasteiger partial charge in [-0.2, -0.15) is 0 Å². The van der Waals surface area contributed by atoms with Crippen molar-refractivity contribution in [2.45, 2.75) is 84.3 Å². The molecule has 3 heteroatoms. The van der Waals surface area contributed by atoms with Crippen LogP contribution in [0.3, 0.4) is 0 Å². The first-order valence-corrected chi connectivity index (χ1v) is 8.35. The lowest BCUT2D eigenvalue weighted by Crippen LogP contribution is -2.35. The number of piperidine rings is 1. The Hall–Kier alpha value is -0.830. The van der Waals surface area contributed by atoms with Crippen LogP contribution in [0.1, 0.15) is 84.0 Å². The zero-order chi connectivity index (χ0) is 14.5.